The van der Waals surface area contributed by atoms with Crippen molar-refractivity contribution in [1.82, 2.24) is 5.32 Å². The van der Waals surface area contributed by atoms with Gasteiger partial charge >= 0.3 is 12.0 Å². The van der Waals surface area contributed by atoms with Crippen molar-refractivity contribution in [2.45, 2.75) is 18.9 Å². The number of esters is 1. The summed E-state index contributed by atoms with van der Waals surface area (Å²) in [6, 6.07) is 4.41. The molecule has 7 nitrogen and oxygen atoms in total. The zero-order chi connectivity index (χ0) is 16.0. The first-order valence-corrected chi connectivity index (χ1v) is 6.23. The van der Waals surface area contributed by atoms with E-state index in [9.17, 15) is 9.59 Å². The molecule has 0 aliphatic heterocycles. The fraction of sp³-hybridized carbons (Fsp3) is 0.429. The number of amides is 2. The maximum atomic E-state index is 11.9. The second-order valence-corrected chi connectivity index (χ2v) is 4.68. The maximum Gasteiger partial charge on any atom is 0.331 e. The monoisotopic (exact) mass is 296 g/mol. The normalized spacial score (nSPS) is 13.0. The quantitative estimate of drug-likeness (QED) is 0.758. The number of nitrogens with one attached hydrogen (secondary N) is 1. The number of nitrogens with two attached hydrogens (primary N) is 1. The number of hydrogen-bond donors (Lipinski definition) is 2. The van der Waals surface area contributed by atoms with Crippen LogP contribution in [0, 0.1) is 0 Å². The average molecular weight is 296 g/mol. The molecule has 116 valence electrons. The fourth-order valence-corrected chi connectivity index (χ4v) is 2.06. The summed E-state index contributed by atoms with van der Waals surface area (Å²) in [7, 11) is 4.30. The molecular weight excluding hydrogens is 276 g/mol. The van der Waals surface area contributed by atoms with E-state index in [-0.39, 0.29) is 6.42 Å². The molecular formula is C14H20N2O5. The first-order chi connectivity index (χ1) is 9.86. The van der Waals surface area contributed by atoms with E-state index in [1.165, 1.54) is 21.3 Å². The van der Waals surface area contributed by atoms with Crippen molar-refractivity contribution >= 4 is 12.0 Å². The second kappa shape index (κ2) is 6.83. The number of carbonyl (C=O) groups excluding carboxylic acids is 2. The number of rotatable bonds is 6. The molecule has 1 aromatic carbocycles. The van der Waals surface area contributed by atoms with Crippen LogP contribution >= 0.6 is 0 Å². The Hall–Kier alpha value is -2.44. The summed E-state index contributed by atoms with van der Waals surface area (Å²) < 4.78 is 15.1. The van der Waals surface area contributed by atoms with Crippen molar-refractivity contribution in [3.8, 4) is 11.5 Å². The van der Waals surface area contributed by atoms with Gasteiger partial charge in [-0.2, -0.15) is 0 Å². The third-order valence-corrected chi connectivity index (χ3v) is 3.04. The van der Waals surface area contributed by atoms with Gasteiger partial charge in [0.05, 0.1) is 21.3 Å². The number of ether oxygens (including phenoxy) is 3. The van der Waals surface area contributed by atoms with Gasteiger partial charge in [0.25, 0.3) is 0 Å². The van der Waals surface area contributed by atoms with E-state index in [1.54, 1.807) is 25.1 Å². The van der Waals surface area contributed by atoms with E-state index in [0.717, 1.165) is 5.56 Å². The van der Waals surface area contributed by atoms with E-state index < -0.39 is 17.5 Å². The van der Waals surface area contributed by atoms with Crippen molar-refractivity contribution in [2.24, 2.45) is 5.73 Å². The minimum absolute atomic E-state index is 0.197. The smallest absolute Gasteiger partial charge is 0.331 e. The Labute approximate surface area is 123 Å². The second-order valence-electron chi connectivity index (χ2n) is 4.68. The van der Waals surface area contributed by atoms with E-state index in [4.69, 9.17) is 19.9 Å². The lowest BCUT2D eigenvalue weighted by atomic mass is 9.92. The largest absolute Gasteiger partial charge is 0.493 e. The van der Waals surface area contributed by atoms with Gasteiger partial charge in [-0.25, -0.2) is 9.59 Å². The average Bonchev–Trinajstić information content (AvgIpc) is 2.45. The minimum atomic E-state index is -1.26. The van der Waals surface area contributed by atoms with E-state index >= 15 is 0 Å². The summed E-state index contributed by atoms with van der Waals surface area (Å²) in [6.07, 6.45) is 0.197. The Bertz CT molecular complexity index is 532. The molecule has 2 amide bonds. The molecule has 1 atom stereocenters. The summed E-state index contributed by atoms with van der Waals surface area (Å²) in [5.74, 6) is 0.515. The van der Waals surface area contributed by atoms with Gasteiger partial charge in [0.15, 0.2) is 11.5 Å². The summed E-state index contributed by atoms with van der Waals surface area (Å²) in [4.78, 5) is 23.0. The Morgan fingerprint density at radius 2 is 1.81 bits per heavy atom. The fourth-order valence-electron chi connectivity index (χ4n) is 2.06. The third kappa shape index (κ3) is 4.01. The molecule has 0 aromatic heterocycles. The molecule has 0 bridgehead atoms. The number of urea groups is 1. The highest BCUT2D eigenvalue weighted by molar-refractivity contribution is 5.86. The lowest BCUT2D eigenvalue weighted by Crippen LogP contribution is -2.56. The lowest BCUT2D eigenvalue weighted by molar-refractivity contribution is -0.147. The van der Waals surface area contributed by atoms with Crippen LogP contribution in [-0.4, -0.2) is 38.9 Å². The zero-order valence-corrected chi connectivity index (χ0v) is 12.6. The van der Waals surface area contributed by atoms with Gasteiger partial charge in [-0.05, 0) is 24.6 Å². The van der Waals surface area contributed by atoms with Crippen LogP contribution in [0.1, 0.15) is 12.5 Å². The highest BCUT2D eigenvalue weighted by Crippen LogP contribution is 2.29. The summed E-state index contributed by atoms with van der Waals surface area (Å²) in [6.45, 7) is 1.54. The number of methoxy groups -OCH3 is 3. The van der Waals surface area contributed by atoms with Crippen molar-refractivity contribution in [1.29, 1.82) is 0 Å². The van der Waals surface area contributed by atoms with Crippen LogP contribution in [0.15, 0.2) is 18.2 Å². The van der Waals surface area contributed by atoms with Crippen molar-refractivity contribution in [3.05, 3.63) is 23.8 Å². The molecule has 0 aliphatic rings. The molecule has 3 N–H and O–H groups in total. The van der Waals surface area contributed by atoms with Crippen LogP contribution < -0.4 is 20.5 Å². The van der Waals surface area contributed by atoms with Crippen molar-refractivity contribution in [2.75, 3.05) is 21.3 Å². The van der Waals surface area contributed by atoms with Gasteiger partial charge in [-0.3, -0.25) is 0 Å². The molecule has 1 rings (SSSR count). The molecule has 0 radical (unpaired) electrons. The molecule has 7 heteroatoms. The third-order valence-electron chi connectivity index (χ3n) is 3.04. The molecule has 0 aliphatic carbocycles. The number of primary amides is 1. The molecule has 1 aromatic rings. The van der Waals surface area contributed by atoms with Crippen LogP contribution in [0.2, 0.25) is 0 Å². The Kier molecular flexibility index (Phi) is 5.40. The number of hydrogen-bond acceptors (Lipinski definition) is 5. The lowest BCUT2D eigenvalue weighted by Gasteiger charge is -2.27. The topological polar surface area (TPSA) is 99.9 Å². The predicted octanol–water partition coefficient (Wildman–Crippen LogP) is 0.846. The number of benzene rings is 1. The van der Waals surface area contributed by atoms with E-state index in [0.29, 0.717) is 11.5 Å². The van der Waals surface area contributed by atoms with Crippen LogP contribution in [0.4, 0.5) is 4.79 Å². The predicted molar refractivity (Wildman–Crippen MR) is 76.4 cm³/mol. The van der Waals surface area contributed by atoms with Gasteiger partial charge in [0, 0.05) is 6.42 Å². The molecule has 0 fully saturated rings. The molecule has 1 unspecified atom stereocenters. The highest BCUT2D eigenvalue weighted by atomic mass is 16.5. The van der Waals surface area contributed by atoms with E-state index in [2.05, 4.69) is 5.32 Å². The SMILES string of the molecule is COC(=O)C(C)(Cc1ccc(OC)c(OC)c1)NC(N)=O. The van der Waals surface area contributed by atoms with Crippen molar-refractivity contribution in [3.63, 3.8) is 0 Å². The minimum Gasteiger partial charge on any atom is -0.493 e. The van der Waals surface area contributed by atoms with Gasteiger partial charge in [-0.1, -0.05) is 6.07 Å². The van der Waals surface area contributed by atoms with Crippen LogP contribution in [0.3, 0.4) is 0 Å². The first kappa shape index (κ1) is 16.6. The molecule has 0 saturated carbocycles. The maximum absolute atomic E-state index is 11.9. The highest BCUT2D eigenvalue weighted by Gasteiger charge is 2.36. The van der Waals surface area contributed by atoms with Crippen LogP contribution in [0.25, 0.3) is 0 Å². The number of carbonyl (C=O) groups is 2. The van der Waals surface area contributed by atoms with Crippen LogP contribution in [0.5, 0.6) is 11.5 Å². The molecule has 0 saturated heterocycles. The Morgan fingerprint density at radius 1 is 1.19 bits per heavy atom. The Morgan fingerprint density at radius 3 is 2.29 bits per heavy atom. The Balaban J connectivity index is 3.09. The van der Waals surface area contributed by atoms with Gasteiger partial charge < -0.3 is 25.3 Å². The van der Waals surface area contributed by atoms with E-state index in [1.807, 2.05) is 0 Å². The molecule has 21 heavy (non-hydrogen) atoms. The van der Waals surface area contributed by atoms with Gasteiger partial charge in [0.2, 0.25) is 0 Å². The molecule has 0 spiro atoms. The van der Waals surface area contributed by atoms with Gasteiger partial charge in [0.1, 0.15) is 5.54 Å². The summed E-state index contributed by atoms with van der Waals surface area (Å²) in [5, 5.41) is 2.41. The van der Waals surface area contributed by atoms with Gasteiger partial charge in [-0.15, -0.1) is 0 Å². The first-order valence-electron chi connectivity index (χ1n) is 6.23. The summed E-state index contributed by atoms with van der Waals surface area (Å²) >= 11 is 0. The summed E-state index contributed by atoms with van der Waals surface area (Å²) in [5.41, 5.74) is 4.62. The molecule has 0 heterocycles. The standard InChI is InChI=1S/C14H20N2O5/c1-14(12(17)21-4,16-13(15)18)8-9-5-6-10(19-2)11(7-9)20-3/h5-7H,8H2,1-4H3,(H3,15,16,18). The van der Waals surface area contributed by atoms with Crippen molar-refractivity contribution < 1.29 is 23.8 Å². The zero-order valence-electron chi connectivity index (χ0n) is 12.6. The van der Waals surface area contributed by atoms with Crippen LogP contribution in [-0.2, 0) is 16.0 Å².